The molecular formula is C22H25N3O3. The first-order valence-corrected chi connectivity index (χ1v) is 9.83. The van der Waals surface area contributed by atoms with Gasteiger partial charge in [0.25, 0.3) is 0 Å². The van der Waals surface area contributed by atoms with Crippen LogP contribution in [0.2, 0.25) is 0 Å². The molecule has 1 fully saturated rings. The molecule has 1 aliphatic rings. The zero-order valence-electron chi connectivity index (χ0n) is 16.4. The van der Waals surface area contributed by atoms with Gasteiger partial charge >= 0.3 is 0 Å². The highest BCUT2D eigenvalue weighted by Crippen LogP contribution is 2.32. The lowest BCUT2D eigenvalue weighted by Gasteiger charge is -2.23. The second-order valence-electron chi connectivity index (χ2n) is 7.11. The zero-order valence-corrected chi connectivity index (χ0v) is 16.4. The van der Waals surface area contributed by atoms with Crippen LogP contribution in [0.25, 0.3) is 22.0 Å². The molecule has 0 aliphatic carbocycles. The molecule has 0 radical (unpaired) electrons. The molecule has 2 aromatic heterocycles. The van der Waals surface area contributed by atoms with Crippen LogP contribution >= 0.6 is 0 Å². The normalized spacial score (nSPS) is 17.1. The summed E-state index contributed by atoms with van der Waals surface area (Å²) >= 11 is 0. The summed E-state index contributed by atoms with van der Waals surface area (Å²) in [6.45, 7) is 6.01. The van der Waals surface area contributed by atoms with Gasteiger partial charge < -0.3 is 9.47 Å². The Bertz CT molecular complexity index is 990. The average Bonchev–Trinajstić information content (AvgIpc) is 3.11. The Hall–Kier alpha value is -2.57. The number of pyridine rings is 1. The molecule has 1 aliphatic heterocycles. The van der Waals surface area contributed by atoms with E-state index < -0.39 is 0 Å². The third-order valence-corrected chi connectivity index (χ3v) is 5.37. The smallest absolute Gasteiger partial charge is 0.170 e. The lowest BCUT2D eigenvalue weighted by molar-refractivity contribution is -0.0367. The highest BCUT2D eigenvalue weighted by atomic mass is 16.5. The van der Waals surface area contributed by atoms with Crippen molar-refractivity contribution in [2.75, 3.05) is 13.2 Å². The molecule has 1 atom stereocenters. The first-order chi connectivity index (χ1) is 13.7. The van der Waals surface area contributed by atoms with Gasteiger partial charge in [-0.2, -0.15) is 5.10 Å². The summed E-state index contributed by atoms with van der Waals surface area (Å²) < 4.78 is 13.3. The topological polar surface area (TPSA) is 66.2 Å². The lowest BCUT2D eigenvalue weighted by atomic mass is 9.98. The molecule has 28 heavy (non-hydrogen) atoms. The molecule has 1 unspecified atom stereocenters. The minimum Gasteiger partial charge on any atom is -0.377 e. The van der Waals surface area contributed by atoms with E-state index >= 15 is 0 Å². The van der Waals surface area contributed by atoms with Crippen molar-refractivity contribution in [3.8, 4) is 11.1 Å². The molecule has 0 N–H and O–H groups in total. The second-order valence-corrected chi connectivity index (χ2v) is 7.11. The number of fused-ring (bicyclic) bond motifs is 1. The SMILES string of the molecule is CCOCc1cncc(-c2ccc3c(c2)c(C=O)nn3C2CCCCO2)c1C. The first kappa shape index (κ1) is 18.8. The van der Waals surface area contributed by atoms with Gasteiger partial charge in [0.15, 0.2) is 12.5 Å². The van der Waals surface area contributed by atoms with E-state index in [-0.39, 0.29) is 6.23 Å². The maximum absolute atomic E-state index is 11.7. The van der Waals surface area contributed by atoms with Gasteiger partial charge in [0, 0.05) is 36.6 Å². The molecule has 4 rings (SSSR count). The Kier molecular flexibility index (Phi) is 5.50. The van der Waals surface area contributed by atoms with Crippen LogP contribution in [0, 0.1) is 6.92 Å². The Labute approximate surface area is 164 Å². The van der Waals surface area contributed by atoms with Crippen molar-refractivity contribution in [3.05, 3.63) is 47.4 Å². The summed E-state index contributed by atoms with van der Waals surface area (Å²) in [5.74, 6) is 0. The quantitative estimate of drug-likeness (QED) is 0.592. The van der Waals surface area contributed by atoms with E-state index in [1.807, 2.05) is 36.1 Å². The van der Waals surface area contributed by atoms with Crippen LogP contribution in [0.5, 0.6) is 0 Å². The summed E-state index contributed by atoms with van der Waals surface area (Å²) in [6.07, 6.45) is 7.53. The van der Waals surface area contributed by atoms with Crippen LogP contribution < -0.4 is 0 Å². The number of ether oxygens (including phenoxy) is 2. The molecule has 6 heteroatoms. The number of benzene rings is 1. The molecule has 0 saturated carbocycles. The zero-order chi connectivity index (χ0) is 19.5. The number of hydrogen-bond acceptors (Lipinski definition) is 5. The molecule has 3 heterocycles. The van der Waals surface area contributed by atoms with E-state index in [0.29, 0.717) is 18.9 Å². The number of aromatic nitrogens is 3. The van der Waals surface area contributed by atoms with Crippen molar-refractivity contribution < 1.29 is 14.3 Å². The van der Waals surface area contributed by atoms with Crippen molar-refractivity contribution in [2.24, 2.45) is 0 Å². The fourth-order valence-electron chi connectivity index (χ4n) is 3.77. The highest BCUT2D eigenvalue weighted by molar-refractivity contribution is 5.97. The third kappa shape index (κ3) is 3.45. The van der Waals surface area contributed by atoms with Crippen LogP contribution in [0.15, 0.2) is 30.6 Å². The number of aldehydes is 1. The average molecular weight is 379 g/mol. The maximum Gasteiger partial charge on any atom is 0.170 e. The number of rotatable bonds is 6. The molecule has 146 valence electrons. The van der Waals surface area contributed by atoms with Crippen LogP contribution in [0.3, 0.4) is 0 Å². The van der Waals surface area contributed by atoms with Gasteiger partial charge in [-0.1, -0.05) is 6.07 Å². The van der Waals surface area contributed by atoms with Gasteiger partial charge in [0.05, 0.1) is 12.1 Å². The Morgan fingerprint density at radius 1 is 1.32 bits per heavy atom. The third-order valence-electron chi connectivity index (χ3n) is 5.37. The summed E-state index contributed by atoms with van der Waals surface area (Å²) in [5.41, 5.74) is 5.64. The largest absolute Gasteiger partial charge is 0.377 e. The van der Waals surface area contributed by atoms with Gasteiger partial charge in [-0.05, 0) is 61.9 Å². The van der Waals surface area contributed by atoms with Crippen molar-refractivity contribution in [3.63, 3.8) is 0 Å². The summed E-state index contributed by atoms with van der Waals surface area (Å²) in [5, 5.41) is 5.38. The fraction of sp³-hybridized carbons (Fsp3) is 0.409. The van der Waals surface area contributed by atoms with Crippen LogP contribution in [-0.4, -0.2) is 34.3 Å². The van der Waals surface area contributed by atoms with Gasteiger partial charge in [-0.25, -0.2) is 4.68 Å². The summed E-state index contributed by atoms with van der Waals surface area (Å²) in [4.78, 5) is 16.0. The molecule has 1 aromatic carbocycles. The molecule has 0 amide bonds. The van der Waals surface area contributed by atoms with E-state index in [1.165, 1.54) is 0 Å². The van der Waals surface area contributed by atoms with Crippen molar-refractivity contribution >= 4 is 17.2 Å². The highest BCUT2D eigenvalue weighted by Gasteiger charge is 2.21. The number of hydrogen-bond donors (Lipinski definition) is 0. The van der Waals surface area contributed by atoms with Gasteiger partial charge in [-0.3, -0.25) is 9.78 Å². The number of nitrogens with zero attached hydrogens (tertiary/aromatic N) is 3. The van der Waals surface area contributed by atoms with Crippen LogP contribution in [0.4, 0.5) is 0 Å². The Morgan fingerprint density at radius 3 is 2.96 bits per heavy atom. The lowest BCUT2D eigenvalue weighted by Crippen LogP contribution is -2.19. The van der Waals surface area contributed by atoms with E-state index in [0.717, 1.165) is 65.3 Å². The second kappa shape index (κ2) is 8.20. The van der Waals surface area contributed by atoms with Crippen LogP contribution in [-0.2, 0) is 16.1 Å². The monoisotopic (exact) mass is 379 g/mol. The maximum atomic E-state index is 11.7. The predicted molar refractivity (Wildman–Crippen MR) is 107 cm³/mol. The Balaban J connectivity index is 1.77. The minimum absolute atomic E-state index is 0.103. The standard InChI is InChI=1S/C22H25N3O3/c1-3-27-14-17-11-23-12-19(15(17)2)16-7-8-21-18(10-16)20(13-26)24-25(21)22-6-4-5-9-28-22/h7-8,10-13,22H,3-6,9,14H2,1-2H3. The predicted octanol–water partition coefficient (Wildman–Crippen LogP) is 4.45. The van der Waals surface area contributed by atoms with E-state index in [9.17, 15) is 4.79 Å². The first-order valence-electron chi connectivity index (χ1n) is 9.83. The van der Waals surface area contributed by atoms with E-state index in [1.54, 1.807) is 0 Å². The van der Waals surface area contributed by atoms with Gasteiger partial charge in [-0.15, -0.1) is 0 Å². The molecule has 0 spiro atoms. The molecular weight excluding hydrogens is 354 g/mol. The van der Waals surface area contributed by atoms with Crippen molar-refractivity contribution in [2.45, 2.75) is 45.9 Å². The summed E-state index contributed by atoms with van der Waals surface area (Å²) in [7, 11) is 0. The fourth-order valence-corrected chi connectivity index (χ4v) is 3.77. The van der Waals surface area contributed by atoms with Crippen molar-refractivity contribution in [1.82, 2.24) is 14.8 Å². The van der Waals surface area contributed by atoms with Crippen LogP contribution in [0.1, 0.15) is 54.0 Å². The molecule has 6 nitrogen and oxygen atoms in total. The molecule has 0 bridgehead atoms. The number of carbonyl (C=O) groups excluding carboxylic acids is 1. The van der Waals surface area contributed by atoms with Gasteiger partial charge in [0.2, 0.25) is 0 Å². The number of carbonyl (C=O) groups is 1. The Morgan fingerprint density at radius 2 is 2.21 bits per heavy atom. The molecule has 1 saturated heterocycles. The minimum atomic E-state index is -0.103. The van der Waals surface area contributed by atoms with E-state index in [4.69, 9.17) is 9.47 Å². The van der Waals surface area contributed by atoms with Crippen molar-refractivity contribution in [1.29, 1.82) is 0 Å². The summed E-state index contributed by atoms with van der Waals surface area (Å²) in [6, 6.07) is 6.11. The molecule has 3 aromatic rings. The van der Waals surface area contributed by atoms with Gasteiger partial charge in [0.1, 0.15) is 5.69 Å². The van der Waals surface area contributed by atoms with E-state index in [2.05, 4.69) is 23.1 Å².